The number of aldehydes is 1. The minimum Gasteiger partial charge on any atom is -0.463 e. The van der Waals surface area contributed by atoms with Gasteiger partial charge in [-0.15, -0.1) is 0 Å². The molecule has 68 heavy (non-hydrogen) atoms. The highest BCUT2D eigenvalue weighted by molar-refractivity contribution is 5.73. The summed E-state index contributed by atoms with van der Waals surface area (Å²) in [6.07, 6.45) is -11.5. The van der Waals surface area contributed by atoms with Crippen LogP contribution in [0.15, 0.2) is 30.3 Å². The number of carbonyl (C=O) groups excluding carboxylic acids is 5. The van der Waals surface area contributed by atoms with Crippen molar-refractivity contribution in [3.63, 3.8) is 0 Å². The van der Waals surface area contributed by atoms with Gasteiger partial charge in [0.05, 0.1) is 43.4 Å². The molecule has 0 aromatic heterocycles. The van der Waals surface area contributed by atoms with E-state index in [1.807, 2.05) is 42.2 Å². The molecule has 0 unspecified atom stereocenters. The fraction of sp³-hybridized carbons (Fsp3) is 0.740. The molecule has 2 N–H and O–H groups in total. The Hall–Kier alpha value is -4.03. The number of methoxy groups -OCH3 is 1. The first-order chi connectivity index (χ1) is 32.2. The van der Waals surface area contributed by atoms with E-state index in [-0.39, 0.29) is 38.6 Å². The lowest BCUT2D eigenvalue weighted by atomic mass is 9.82. The van der Waals surface area contributed by atoms with Crippen LogP contribution in [0.2, 0.25) is 0 Å². The Morgan fingerprint density at radius 1 is 0.956 bits per heavy atom. The Morgan fingerprint density at radius 3 is 2.25 bits per heavy atom. The van der Waals surface area contributed by atoms with E-state index in [0.29, 0.717) is 19.5 Å². The van der Waals surface area contributed by atoms with Crippen LogP contribution < -0.4 is 0 Å². The highest BCUT2D eigenvalue weighted by Crippen LogP contribution is 2.39. The minimum atomic E-state index is -1.44. The van der Waals surface area contributed by atoms with E-state index in [2.05, 4.69) is 11.8 Å². The summed E-state index contributed by atoms with van der Waals surface area (Å²) in [6.45, 7) is 14.2. The van der Waals surface area contributed by atoms with Crippen molar-refractivity contribution in [3.05, 3.63) is 35.9 Å². The van der Waals surface area contributed by atoms with E-state index in [1.54, 1.807) is 60.5 Å². The Balaban J connectivity index is 1.69. The molecule has 0 saturated carbocycles. The number of cyclic esters (lactones) is 1. The van der Waals surface area contributed by atoms with Crippen LogP contribution in [-0.4, -0.2) is 176 Å². The number of carbonyl (C=O) groups is 5. The number of hydrogen-bond acceptors (Lipinski definition) is 18. The Morgan fingerprint density at radius 2 is 1.63 bits per heavy atom. The van der Waals surface area contributed by atoms with Crippen molar-refractivity contribution in [1.82, 2.24) is 9.80 Å². The van der Waals surface area contributed by atoms with Gasteiger partial charge in [0.1, 0.15) is 36.8 Å². The number of ether oxygens (including phenoxy) is 9. The third-order valence-corrected chi connectivity index (χ3v) is 12.9. The average Bonchev–Trinajstić information content (AvgIpc) is 3.27. The number of benzene rings is 1. The Bertz CT molecular complexity index is 1840. The van der Waals surface area contributed by atoms with Crippen molar-refractivity contribution in [2.24, 2.45) is 11.8 Å². The molecule has 1 aromatic carbocycles. The fourth-order valence-corrected chi connectivity index (χ4v) is 9.36. The number of β-amino-alcohol motifs (C(OH)–C–C–N with tert-alkyl or cyclic N) is 1. The summed E-state index contributed by atoms with van der Waals surface area (Å²) in [5, 5.41) is 24.1. The number of hydrogen-bond donors (Lipinski definition) is 2. The van der Waals surface area contributed by atoms with Gasteiger partial charge in [0.15, 0.2) is 24.3 Å². The van der Waals surface area contributed by atoms with Crippen LogP contribution in [0, 0.1) is 23.7 Å². The number of aliphatic hydroxyl groups is 2. The summed E-state index contributed by atoms with van der Waals surface area (Å²) in [7, 11) is 4.86. The predicted octanol–water partition coefficient (Wildman–Crippen LogP) is 3.58. The summed E-state index contributed by atoms with van der Waals surface area (Å²) < 4.78 is 55.4. The third kappa shape index (κ3) is 16.0. The van der Waals surface area contributed by atoms with Gasteiger partial charge in [-0.05, 0) is 78.6 Å². The van der Waals surface area contributed by atoms with Crippen molar-refractivity contribution in [2.45, 2.75) is 186 Å². The Labute approximate surface area is 401 Å². The molecule has 0 aliphatic carbocycles. The van der Waals surface area contributed by atoms with Gasteiger partial charge in [-0.3, -0.25) is 24.1 Å². The lowest BCUT2D eigenvalue weighted by Gasteiger charge is -2.50. The number of rotatable bonds is 14. The fourth-order valence-electron chi connectivity index (χ4n) is 9.36. The number of nitrogens with zero attached hydrogens (tertiary/aromatic N) is 2. The number of aliphatic hydroxyl groups excluding tert-OH is 2. The summed E-state index contributed by atoms with van der Waals surface area (Å²) in [6, 6.07) is 8.71. The van der Waals surface area contributed by atoms with Gasteiger partial charge >= 0.3 is 23.9 Å². The molecule has 3 aliphatic heterocycles. The molecule has 0 bridgehead atoms. The molecule has 16 atom stereocenters. The van der Waals surface area contributed by atoms with Crippen LogP contribution in [0.25, 0.3) is 0 Å². The SMILES string of the molecule is CCC(=O)O[C@@H]1CC(=O)O[C@H](C)CCN(CC#Cc2ccccc2)C[C@H](O)[C@H](C)C[C@H](CC=O)[C@H](O[C@@H]2O[C@H](C)[C@@H](O[C@H]3C[C@@](C)(OC(C)=O)[C@@H](OC(=O)CC)[C@H](C)O3)[C@H](N(C)C)[C@H]2O)[C@H]1OC. The van der Waals surface area contributed by atoms with Crippen molar-refractivity contribution in [3.8, 4) is 11.8 Å². The first-order valence-electron chi connectivity index (χ1n) is 23.9. The monoisotopic (exact) mass is 961 g/mol. The standard InChI is InChI=1S/C50H76N2O16/c1-12-39(56)64-38-27-41(58)61-31(4)21-24-52(23-17-20-35-18-15-14-16-19-35)29-37(55)30(3)26-36(22-25-53)46(47(38)60-11)67-49-44(59)43(51(9)10)45(32(5)63-49)66-42-28-50(8,68-34(7)54)48(33(6)62-42)65-40(57)13-2/h14-16,18-19,25,30-33,36-38,42-49,55,59H,12-13,21-24,26-29H2,1-11H3/t30-,31-,32-,33+,36+,37+,38-,42+,43-,44-,45-,46+,47+,48+,49+,50-/m1/s1. The van der Waals surface area contributed by atoms with Gasteiger partial charge in [0.2, 0.25) is 0 Å². The minimum absolute atomic E-state index is 0.0180. The van der Waals surface area contributed by atoms with E-state index in [9.17, 15) is 34.2 Å². The first-order valence-corrected chi connectivity index (χ1v) is 23.9. The lowest BCUT2D eigenvalue weighted by Crippen LogP contribution is -2.66. The number of likely N-dealkylation sites (N-methyl/N-ethyl adjacent to an activating group) is 1. The van der Waals surface area contributed by atoms with Gasteiger partial charge in [-0.1, -0.05) is 50.8 Å². The molecule has 0 spiro atoms. The van der Waals surface area contributed by atoms with Gasteiger partial charge in [0, 0.05) is 58.4 Å². The summed E-state index contributed by atoms with van der Waals surface area (Å²) in [4.78, 5) is 67.9. The zero-order valence-corrected chi connectivity index (χ0v) is 41.7. The van der Waals surface area contributed by atoms with Gasteiger partial charge in [0.25, 0.3) is 0 Å². The van der Waals surface area contributed by atoms with Crippen molar-refractivity contribution in [2.75, 3.05) is 40.8 Å². The van der Waals surface area contributed by atoms with Crippen LogP contribution >= 0.6 is 0 Å². The summed E-state index contributed by atoms with van der Waals surface area (Å²) in [5.74, 6) is 2.84. The molecule has 0 amide bonds. The molecule has 18 nitrogen and oxygen atoms in total. The molecule has 3 saturated heterocycles. The normalized spacial score (nSPS) is 35.6. The Kier molecular flexibility index (Phi) is 22.3. The predicted molar refractivity (Wildman–Crippen MR) is 246 cm³/mol. The van der Waals surface area contributed by atoms with Crippen LogP contribution in [-0.2, 0) is 66.6 Å². The first kappa shape index (κ1) is 56.6. The maximum absolute atomic E-state index is 13.7. The van der Waals surface area contributed by atoms with Crippen LogP contribution in [0.3, 0.4) is 0 Å². The van der Waals surface area contributed by atoms with Crippen LogP contribution in [0.1, 0.15) is 106 Å². The van der Waals surface area contributed by atoms with Crippen molar-refractivity contribution in [1.29, 1.82) is 0 Å². The average molecular weight is 961 g/mol. The molecular formula is C50H76N2O16. The second kappa shape index (κ2) is 26.8. The van der Waals surface area contributed by atoms with Crippen molar-refractivity contribution >= 4 is 30.2 Å². The summed E-state index contributed by atoms with van der Waals surface area (Å²) in [5.41, 5.74) is -0.481. The quantitative estimate of drug-likeness (QED) is 0.118. The maximum Gasteiger partial charge on any atom is 0.309 e. The maximum atomic E-state index is 13.7. The van der Waals surface area contributed by atoms with Gasteiger partial charge in [-0.25, -0.2) is 0 Å². The van der Waals surface area contributed by atoms with E-state index < -0.39 is 127 Å². The molecule has 1 aromatic rings. The number of esters is 4. The molecule has 3 aliphatic rings. The van der Waals surface area contributed by atoms with E-state index in [1.165, 1.54) is 14.0 Å². The molecule has 0 radical (unpaired) electrons. The third-order valence-electron chi connectivity index (χ3n) is 12.9. The molecule has 18 heteroatoms. The second-order valence-electron chi connectivity index (χ2n) is 18.7. The van der Waals surface area contributed by atoms with Crippen molar-refractivity contribution < 1.29 is 76.8 Å². The lowest BCUT2D eigenvalue weighted by molar-refractivity contribution is -0.344. The zero-order valence-electron chi connectivity index (χ0n) is 41.7. The molecule has 4 rings (SSSR count). The van der Waals surface area contributed by atoms with Gasteiger partial charge in [-0.2, -0.15) is 0 Å². The van der Waals surface area contributed by atoms with E-state index in [4.69, 9.17) is 42.6 Å². The topological polar surface area (TPSA) is 215 Å². The molecule has 3 fully saturated rings. The van der Waals surface area contributed by atoms with E-state index in [0.717, 1.165) is 11.8 Å². The second-order valence-corrected chi connectivity index (χ2v) is 18.7. The highest BCUT2D eigenvalue weighted by Gasteiger charge is 2.54. The van der Waals surface area contributed by atoms with Crippen LogP contribution in [0.5, 0.6) is 0 Å². The van der Waals surface area contributed by atoms with Crippen LogP contribution in [0.4, 0.5) is 0 Å². The van der Waals surface area contributed by atoms with E-state index >= 15 is 0 Å². The zero-order chi connectivity index (χ0) is 50.3. The largest absolute Gasteiger partial charge is 0.463 e. The molecular weight excluding hydrogens is 885 g/mol. The summed E-state index contributed by atoms with van der Waals surface area (Å²) >= 11 is 0. The highest BCUT2D eigenvalue weighted by atomic mass is 16.7. The smallest absolute Gasteiger partial charge is 0.309 e. The molecule has 382 valence electrons. The van der Waals surface area contributed by atoms with Gasteiger partial charge < -0.3 is 62.5 Å². The molecule has 3 heterocycles.